The number of ether oxygens (including phenoxy) is 3. The Balaban J connectivity index is 1.83. The van der Waals surface area contributed by atoms with Gasteiger partial charge in [-0.1, -0.05) is 11.6 Å². The fourth-order valence-electron chi connectivity index (χ4n) is 2.96. The van der Waals surface area contributed by atoms with Crippen LogP contribution < -0.4 is 19.5 Å². The SMILES string of the molecule is COc1cc(NC(=O)COc2ccc(Cl)c3cccnc23)c(C(=O)N(C)C)cc1OC. The third-order valence-electron chi connectivity index (χ3n) is 4.47. The molecule has 0 aliphatic rings. The van der Waals surface area contributed by atoms with Gasteiger partial charge >= 0.3 is 0 Å². The van der Waals surface area contributed by atoms with Gasteiger partial charge in [0.15, 0.2) is 18.1 Å². The van der Waals surface area contributed by atoms with Crippen LogP contribution in [-0.2, 0) is 4.79 Å². The van der Waals surface area contributed by atoms with Crippen LogP contribution >= 0.6 is 11.6 Å². The summed E-state index contributed by atoms with van der Waals surface area (Å²) in [7, 11) is 6.18. The fraction of sp³-hybridized carbons (Fsp3) is 0.227. The van der Waals surface area contributed by atoms with Gasteiger partial charge in [-0.3, -0.25) is 14.6 Å². The summed E-state index contributed by atoms with van der Waals surface area (Å²) in [6.07, 6.45) is 1.62. The van der Waals surface area contributed by atoms with Crippen molar-refractivity contribution in [2.24, 2.45) is 0 Å². The molecule has 0 radical (unpaired) electrons. The van der Waals surface area contributed by atoms with Gasteiger partial charge in [0, 0.05) is 31.7 Å². The molecule has 0 bridgehead atoms. The predicted molar refractivity (Wildman–Crippen MR) is 118 cm³/mol. The Morgan fingerprint density at radius 1 is 1.06 bits per heavy atom. The third-order valence-corrected chi connectivity index (χ3v) is 4.80. The van der Waals surface area contributed by atoms with Crippen LogP contribution in [0, 0.1) is 0 Å². The Hall–Kier alpha value is -3.52. The molecule has 1 heterocycles. The van der Waals surface area contributed by atoms with Gasteiger partial charge in [-0.15, -0.1) is 0 Å². The third kappa shape index (κ3) is 4.80. The lowest BCUT2D eigenvalue weighted by atomic mass is 10.1. The molecule has 0 fully saturated rings. The number of amides is 2. The molecule has 0 aliphatic carbocycles. The van der Waals surface area contributed by atoms with Gasteiger partial charge < -0.3 is 24.4 Å². The van der Waals surface area contributed by atoms with E-state index >= 15 is 0 Å². The zero-order valence-corrected chi connectivity index (χ0v) is 18.3. The van der Waals surface area contributed by atoms with Crippen LogP contribution in [0.25, 0.3) is 10.9 Å². The normalized spacial score (nSPS) is 10.5. The van der Waals surface area contributed by atoms with Crippen molar-refractivity contribution in [3.63, 3.8) is 0 Å². The molecule has 0 atom stereocenters. The predicted octanol–water partition coefficient (Wildman–Crippen LogP) is 3.62. The van der Waals surface area contributed by atoms with E-state index in [1.807, 2.05) is 6.07 Å². The summed E-state index contributed by atoms with van der Waals surface area (Å²) in [6, 6.07) is 9.98. The van der Waals surface area contributed by atoms with Crippen LogP contribution in [0.4, 0.5) is 5.69 Å². The Morgan fingerprint density at radius 3 is 2.45 bits per heavy atom. The molecular formula is C22H22ClN3O5. The van der Waals surface area contributed by atoms with Crippen LogP contribution in [0.15, 0.2) is 42.6 Å². The molecule has 0 unspecified atom stereocenters. The number of fused-ring (bicyclic) bond motifs is 1. The number of pyridine rings is 1. The first kappa shape index (κ1) is 22.2. The highest BCUT2D eigenvalue weighted by Gasteiger charge is 2.20. The van der Waals surface area contributed by atoms with Gasteiger partial charge in [0.2, 0.25) is 0 Å². The summed E-state index contributed by atoms with van der Waals surface area (Å²) in [4.78, 5) is 30.9. The van der Waals surface area contributed by atoms with E-state index in [4.69, 9.17) is 25.8 Å². The first-order chi connectivity index (χ1) is 14.8. The monoisotopic (exact) mass is 443 g/mol. The molecule has 9 heteroatoms. The van der Waals surface area contributed by atoms with E-state index in [1.54, 1.807) is 38.5 Å². The van der Waals surface area contributed by atoms with Gasteiger partial charge in [-0.25, -0.2) is 0 Å². The summed E-state index contributed by atoms with van der Waals surface area (Å²) in [5.41, 5.74) is 1.09. The largest absolute Gasteiger partial charge is 0.493 e. The summed E-state index contributed by atoms with van der Waals surface area (Å²) >= 11 is 6.19. The van der Waals surface area contributed by atoms with E-state index in [0.29, 0.717) is 27.8 Å². The first-order valence-corrected chi connectivity index (χ1v) is 9.67. The number of rotatable bonds is 7. The molecule has 0 saturated carbocycles. The summed E-state index contributed by atoms with van der Waals surface area (Å²) in [6.45, 7) is -0.294. The summed E-state index contributed by atoms with van der Waals surface area (Å²) < 4.78 is 16.2. The number of nitrogens with one attached hydrogen (secondary N) is 1. The van der Waals surface area contributed by atoms with Crippen molar-refractivity contribution in [1.29, 1.82) is 0 Å². The molecule has 2 aromatic carbocycles. The van der Waals surface area contributed by atoms with E-state index in [9.17, 15) is 9.59 Å². The van der Waals surface area contributed by atoms with Crippen LogP contribution in [0.2, 0.25) is 5.02 Å². The highest BCUT2D eigenvalue weighted by molar-refractivity contribution is 6.35. The number of carbonyl (C=O) groups excluding carboxylic acids is 2. The molecule has 0 aliphatic heterocycles. The van der Waals surface area contributed by atoms with E-state index in [-0.39, 0.29) is 23.8 Å². The Labute approximate surface area is 184 Å². The Kier molecular flexibility index (Phi) is 6.81. The minimum absolute atomic E-state index is 0.259. The van der Waals surface area contributed by atoms with E-state index < -0.39 is 5.91 Å². The van der Waals surface area contributed by atoms with Gasteiger partial charge in [0.1, 0.15) is 11.3 Å². The first-order valence-electron chi connectivity index (χ1n) is 9.29. The quantitative estimate of drug-likeness (QED) is 0.599. The van der Waals surface area contributed by atoms with Crippen LogP contribution in [0.3, 0.4) is 0 Å². The van der Waals surface area contributed by atoms with Crippen molar-refractivity contribution in [3.05, 3.63) is 53.2 Å². The molecule has 8 nitrogen and oxygen atoms in total. The average Bonchev–Trinajstić information content (AvgIpc) is 2.78. The van der Waals surface area contributed by atoms with Crippen molar-refractivity contribution >= 4 is 40.0 Å². The maximum atomic E-state index is 12.6. The van der Waals surface area contributed by atoms with Gasteiger partial charge in [-0.2, -0.15) is 0 Å². The number of hydrogen-bond acceptors (Lipinski definition) is 6. The molecule has 1 aromatic heterocycles. The molecule has 0 saturated heterocycles. The molecule has 3 aromatic rings. The van der Waals surface area contributed by atoms with Crippen molar-refractivity contribution < 1.29 is 23.8 Å². The minimum Gasteiger partial charge on any atom is -0.493 e. The molecule has 162 valence electrons. The molecule has 3 rings (SSSR count). The van der Waals surface area contributed by atoms with Gasteiger partial charge in [0.25, 0.3) is 11.8 Å². The summed E-state index contributed by atoms with van der Waals surface area (Å²) in [5.74, 6) is 0.416. The maximum Gasteiger partial charge on any atom is 0.262 e. The average molecular weight is 444 g/mol. The number of hydrogen-bond donors (Lipinski definition) is 1. The molecule has 2 amide bonds. The lowest BCUT2D eigenvalue weighted by molar-refractivity contribution is -0.118. The van der Waals surface area contributed by atoms with Crippen molar-refractivity contribution in [2.75, 3.05) is 40.2 Å². The van der Waals surface area contributed by atoms with Crippen molar-refractivity contribution in [1.82, 2.24) is 9.88 Å². The topological polar surface area (TPSA) is 90.0 Å². The number of carbonyl (C=O) groups is 2. The van der Waals surface area contributed by atoms with E-state index in [2.05, 4.69) is 10.3 Å². The molecule has 0 spiro atoms. The second-order valence-corrected chi connectivity index (χ2v) is 7.14. The number of aromatic nitrogens is 1. The number of benzene rings is 2. The standard InChI is InChI=1S/C22H22ClN3O5/c1-26(2)22(28)14-10-18(29-3)19(30-4)11-16(14)25-20(27)12-31-17-8-7-15(23)13-6-5-9-24-21(13)17/h5-11H,12H2,1-4H3,(H,25,27). The Morgan fingerprint density at radius 2 is 1.77 bits per heavy atom. The van der Waals surface area contributed by atoms with Gasteiger partial charge in [-0.05, 0) is 30.3 Å². The summed E-state index contributed by atoms with van der Waals surface area (Å²) in [5, 5.41) is 3.97. The second-order valence-electron chi connectivity index (χ2n) is 6.73. The van der Waals surface area contributed by atoms with E-state index in [0.717, 1.165) is 5.39 Å². The number of methoxy groups -OCH3 is 2. The number of anilines is 1. The van der Waals surface area contributed by atoms with Crippen LogP contribution in [0.5, 0.6) is 17.2 Å². The second kappa shape index (κ2) is 9.53. The van der Waals surface area contributed by atoms with Crippen molar-refractivity contribution in [2.45, 2.75) is 0 Å². The van der Waals surface area contributed by atoms with Crippen LogP contribution in [0.1, 0.15) is 10.4 Å². The zero-order chi connectivity index (χ0) is 22.5. The van der Waals surface area contributed by atoms with Crippen molar-refractivity contribution in [3.8, 4) is 17.2 Å². The number of nitrogens with zero attached hydrogens (tertiary/aromatic N) is 2. The van der Waals surface area contributed by atoms with Crippen LogP contribution in [-0.4, -0.2) is 56.6 Å². The fourth-order valence-corrected chi connectivity index (χ4v) is 3.17. The zero-order valence-electron chi connectivity index (χ0n) is 17.6. The van der Waals surface area contributed by atoms with Gasteiger partial charge in [0.05, 0.1) is 30.5 Å². The molecular weight excluding hydrogens is 422 g/mol. The smallest absolute Gasteiger partial charge is 0.262 e. The number of halogens is 1. The highest BCUT2D eigenvalue weighted by atomic mass is 35.5. The lowest BCUT2D eigenvalue weighted by Gasteiger charge is -2.18. The maximum absolute atomic E-state index is 12.6. The lowest BCUT2D eigenvalue weighted by Crippen LogP contribution is -2.26. The minimum atomic E-state index is -0.459. The molecule has 31 heavy (non-hydrogen) atoms. The van der Waals surface area contributed by atoms with E-state index in [1.165, 1.54) is 31.3 Å². The highest BCUT2D eigenvalue weighted by Crippen LogP contribution is 2.34. The Bertz CT molecular complexity index is 1130. The molecule has 1 N–H and O–H groups in total.